The number of amides is 5. The van der Waals surface area contributed by atoms with Crippen LogP contribution >= 0.6 is 0 Å². The van der Waals surface area contributed by atoms with Crippen molar-refractivity contribution in [2.75, 3.05) is 13.1 Å². The van der Waals surface area contributed by atoms with Gasteiger partial charge in [-0.15, -0.1) is 0 Å². The van der Waals surface area contributed by atoms with Crippen LogP contribution < -0.4 is 16.4 Å². The summed E-state index contributed by atoms with van der Waals surface area (Å²) in [5.41, 5.74) is 5.85. The molecule has 0 spiro atoms. The molecule has 19 heavy (non-hydrogen) atoms. The van der Waals surface area contributed by atoms with Gasteiger partial charge in [-0.3, -0.25) is 4.79 Å². The third-order valence-electron chi connectivity index (χ3n) is 2.79. The summed E-state index contributed by atoms with van der Waals surface area (Å²) in [6.45, 7) is 0.670. The Morgan fingerprint density at radius 2 is 2.00 bits per heavy atom. The quantitative estimate of drug-likeness (QED) is 0.711. The van der Waals surface area contributed by atoms with Crippen LogP contribution in [0.3, 0.4) is 0 Å². The fourth-order valence-corrected chi connectivity index (χ4v) is 1.83. The molecule has 1 aliphatic heterocycles. The van der Waals surface area contributed by atoms with E-state index in [1.807, 2.05) is 0 Å². The molecule has 1 saturated heterocycles. The molecule has 1 heterocycles. The van der Waals surface area contributed by atoms with Gasteiger partial charge in [0.25, 0.3) is 0 Å². The first-order chi connectivity index (χ1) is 9.09. The first-order valence-electron chi connectivity index (χ1n) is 5.79. The predicted octanol–water partition coefficient (Wildman–Crippen LogP) is -0.0522. The number of hydrogen-bond donors (Lipinski definition) is 3. The molecule has 0 unspecified atom stereocenters. The lowest BCUT2D eigenvalue weighted by molar-refractivity contribution is -0.119. The molecule has 2 rings (SSSR count). The fourth-order valence-electron chi connectivity index (χ4n) is 1.83. The van der Waals surface area contributed by atoms with Crippen molar-refractivity contribution in [1.29, 1.82) is 0 Å². The van der Waals surface area contributed by atoms with E-state index in [9.17, 15) is 14.4 Å². The minimum atomic E-state index is -0.956. The second-order valence-electron chi connectivity index (χ2n) is 4.08. The molecule has 0 saturated carbocycles. The third kappa shape index (κ3) is 2.82. The second-order valence-corrected chi connectivity index (χ2v) is 4.08. The van der Waals surface area contributed by atoms with Crippen molar-refractivity contribution >= 4 is 18.0 Å². The summed E-state index contributed by atoms with van der Waals surface area (Å²) in [5.74, 6) is -0.681. The second kappa shape index (κ2) is 5.38. The van der Waals surface area contributed by atoms with Crippen molar-refractivity contribution in [3.63, 3.8) is 0 Å². The molecule has 0 bridgehead atoms. The van der Waals surface area contributed by atoms with Gasteiger partial charge in [0, 0.05) is 13.1 Å². The lowest BCUT2D eigenvalue weighted by atomic mass is 10.1. The zero-order chi connectivity index (χ0) is 13.8. The molecule has 4 N–H and O–H groups in total. The van der Waals surface area contributed by atoms with Gasteiger partial charge in [-0.25, -0.2) is 14.5 Å². The van der Waals surface area contributed by atoms with Crippen LogP contribution in [-0.4, -0.2) is 36.0 Å². The summed E-state index contributed by atoms with van der Waals surface area (Å²) in [6.07, 6.45) is 0. The van der Waals surface area contributed by atoms with Crippen LogP contribution in [0.2, 0.25) is 0 Å². The topological polar surface area (TPSA) is 105 Å². The molecule has 0 aliphatic carbocycles. The van der Waals surface area contributed by atoms with Gasteiger partial charge in [0.2, 0.25) is 5.91 Å². The molecule has 1 aromatic carbocycles. The van der Waals surface area contributed by atoms with E-state index < -0.39 is 24.0 Å². The summed E-state index contributed by atoms with van der Waals surface area (Å²) in [6, 6.07) is 6.55. The smallest absolute Gasteiger partial charge is 0.326 e. The number of nitrogens with two attached hydrogens (primary N) is 1. The van der Waals surface area contributed by atoms with E-state index in [4.69, 9.17) is 5.73 Å². The SMILES string of the molecule is NC(=O)[C@H](NC(=O)N1CCNC1=O)c1ccccc1. The summed E-state index contributed by atoms with van der Waals surface area (Å²) < 4.78 is 0. The van der Waals surface area contributed by atoms with E-state index in [1.165, 1.54) is 0 Å². The molecule has 5 amide bonds. The zero-order valence-corrected chi connectivity index (χ0v) is 10.1. The van der Waals surface area contributed by atoms with Gasteiger partial charge in [0.1, 0.15) is 6.04 Å². The van der Waals surface area contributed by atoms with Crippen molar-refractivity contribution in [2.45, 2.75) is 6.04 Å². The molecule has 1 fully saturated rings. The van der Waals surface area contributed by atoms with E-state index in [0.29, 0.717) is 12.1 Å². The lowest BCUT2D eigenvalue weighted by Gasteiger charge is -2.19. The Hall–Kier alpha value is -2.57. The number of hydrogen-bond acceptors (Lipinski definition) is 3. The van der Waals surface area contributed by atoms with Crippen LogP contribution in [0, 0.1) is 0 Å². The predicted molar refractivity (Wildman–Crippen MR) is 67.0 cm³/mol. The minimum Gasteiger partial charge on any atom is -0.368 e. The lowest BCUT2D eigenvalue weighted by Crippen LogP contribution is -2.46. The van der Waals surface area contributed by atoms with E-state index >= 15 is 0 Å². The van der Waals surface area contributed by atoms with E-state index in [0.717, 1.165) is 4.90 Å². The van der Waals surface area contributed by atoms with Crippen LogP contribution in [0.25, 0.3) is 0 Å². The molecule has 7 nitrogen and oxygen atoms in total. The highest BCUT2D eigenvalue weighted by atomic mass is 16.2. The maximum absolute atomic E-state index is 11.9. The van der Waals surface area contributed by atoms with Gasteiger partial charge in [0.15, 0.2) is 0 Å². The van der Waals surface area contributed by atoms with Crippen LogP contribution in [0.15, 0.2) is 30.3 Å². The molecular weight excluding hydrogens is 248 g/mol. The molecule has 1 aromatic rings. The zero-order valence-electron chi connectivity index (χ0n) is 10.1. The molecule has 1 atom stereocenters. The van der Waals surface area contributed by atoms with E-state index in [2.05, 4.69) is 10.6 Å². The van der Waals surface area contributed by atoms with Crippen LogP contribution in [0.5, 0.6) is 0 Å². The monoisotopic (exact) mass is 262 g/mol. The Balaban J connectivity index is 2.12. The molecule has 100 valence electrons. The number of urea groups is 2. The first kappa shape index (κ1) is 12.9. The Kier molecular flexibility index (Phi) is 3.65. The highest BCUT2D eigenvalue weighted by Gasteiger charge is 2.29. The number of rotatable bonds is 3. The Morgan fingerprint density at radius 3 is 2.53 bits per heavy atom. The fraction of sp³-hybridized carbons (Fsp3) is 0.250. The molecule has 1 aliphatic rings. The summed E-state index contributed by atoms with van der Waals surface area (Å²) in [5, 5.41) is 4.96. The number of primary amides is 1. The van der Waals surface area contributed by atoms with Crippen molar-refractivity contribution in [2.24, 2.45) is 5.73 Å². The maximum Gasteiger partial charge on any atom is 0.326 e. The standard InChI is InChI=1S/C12H14N4O3/c13-10(17)9(8-4-2-1-3-5-8)15-12(19)16-7-6-14-11(16)18/h1-5,9H,6-7H2,(H2,13,17)(H,14,18)(H,15,19)/t9-/m1/s1. The van der Waals surface area contributed by atoms with Gasteiger partial charge < -0.3 is 16.4 Å². The number of carbonyl (C=O) groups excluding carboxylic acids is 3. The number of benzene rings is 1. The molecular formula is C12H14N4O3. The first-order valence-corrected chi connectivity index (χ1v) is 5.79. The normalized spacial score (nSPS) is 15.8. The molecule has 0 radical (unpaired) electrons. The molecule has 7 heteroatoms. The van der Waals surface area contributed by atoms with Gasteiger partial charge in [-0.05, 0) is 5.56 Å². The van der Waals surface area contributed by atoms with Gasteiger partial charge >= 0.3 is 12.1 Å². The molecule has 0 aromatic heterocycles. The van der Waals surface area contributed by atoms with Crippen LogP contribution in [0.1, 0.15) is 11.6 Å². The van der Waals surface area contributed by atoms with Gasteiger partial charge in [-0.2, -0.15) is 0 Å². The number of nitrogens with one attached hydrogen (secondary N) is 2. The Morgan fingerprint density at radius 1 is 1.32 bits per heavy atom. The maximum atomic E-state index is 11.9. The minimum absolute atomic E-state index is 0.269. The summed E-state index contributed by atoms with van der Waals surface area (Å²) in [4.78, 5) is 35.7. The van der Waals surface area contributed by atoms with Crippen molar-refractivity contribution in [3.05, 3.63) is 35.9 Å². The van der Waals surface area contributed by atoms with E-state index in [1.54, 1.807) is 30.3 Å². The largest absolute Gasteiger partial charge is 0.368 e. The summed E-state index contributed by atoms with van der Waals surface area (Å²) in [7, 11) is 0. The number of imide groups is 1. The average Bonchev–Trinajstić information content (AvgIpc) is 2.82. The van der Waals surface area contributed by atoms with E-state index in [-0.39, 0.29) is 6.54 Å². The van der Waals surface area contributed by atoms with Crippen LogP contribution in [-0.2, 0) is 4.79 Å². The highest BCUT2D eigenvalue weighted by Crippen LogP contribution is 2.12. The average molecular weight is 262 g/mol. The van der Waals surface area contributed by atoms with Gasteiger partial charge in [-0.1, -0.05) is 30.3 Å². The highest BCUT2D eigenvalue weighted by molar-refractivity contribution is 5.97. The van der Waals surface area contributed by atoms with Crippen molar-refractivity contribution < 1.29 is 14.4 Å². The Labute approximate surface area is 109 Å². The summed E-state index contributed by atoms with van der Waals surface area (Å²) >= 11 is 0. The van der Waals surface area contributed by atoms with Crippen LogP contribution in [0.4, 0.5) is 9.59 Å². The van der Waals surface area contributed by atoms with Gasteiger partial charge in [0.05, 0.1) is 0 Å². The third-order valence-corrected chi connectivity index (χ3v) is 2.79. The number of nitrogens with zero attached hydrogens (tertiary/aromatic N) is 1. The number of carbonyl (C=O) groups is 3. The van der Waals surface area contributed by atoms with Crippen molar-refractivity contribution in [1.82, 2.24) is 15.5 Å². The Bertz CT molecular complexity index is 503. The van der Waals surface area contributed by atoms with Crippen molar-refractivity contribution in [3.8, 4) is 0 Å².